The maximum Gasteiger partial charge on any atom is 0.343 e. The van der Waals surface area contributed by atoms with Crippen molar-refractivity contribution in [1.29, 1.82) is 0 Å². The summed E-state index contributed by atoms with van der Waals surface area (Å²) in [7, 11) is 0. The van der Waals surface area contributed by atoms with Crippen molar-refractivity contribution in [2.24, 2.45) is 0 Å². The van der Waals surface area contributed by atoms with Gasteiger partial charge in [-0.3, -0.25) is 9.59 Å². The number of benzene rings is 2. The van der Waals surface area contributed by atoms with Gasteiger partial charge in [0.25, 0.3) is 10.5 Å². The fourth-order valence-electron chi connectivity index (χ4n) is 1.64. The van der Waals surface area contributed by atoms with Crippen molar-refractivity contribution in [3.63, 3.8) is 0 Å². The summed E-state index contributed by atoms with van der Waals surface area (Å²) >= 11 is 14.1. The lowest BCUT2D eigenvalue weighted by Crippen LogP contribution is -2.11. The van der Waals surface area contributed by atoms with Crippen LogP contribution >= 0.6 is 39.1 Å². The molecule has 0 aliphatic rings. The van der Waals surface area contributed by atoms with Crippen LogP contribution in [0.2, 0.25) is 0 Å². The first-order valence-corrected chi connectivity index (χ1v) is 7.45. The van der Waals surface area contributed by atoms with Gasteiger partial charge in [0.15, 0.2) is 0 Å². The van der Waals surface area contributed by atoms with Gasteiger partial charge in [0.2, 0.25) is 0 Å². The van der Waals surface area contributed by atoms with E-state index in [1.54, 1.807) is 24.3 Å². The predicted molar refractivity (Wildman–Crippen MR) is 85.9 cm³/mol. The van der Waals surface area contributed by atoms with Gasteiger partial charge in [-0.15, -0.1) is 0 Å². The predicted octanol–water partition coefficient (Wildman–Crippen LogP) is 4.43. The Labute approximate surface area is 144 Å². The Hall–Kier alpha value is -1.69. The molecule has 2 rings (SSSR count). The molecule has 7 heteroatoms. The Morgan fingerprint density at radius 3 is 2.00 bits per heavy atom. The third kappa shape index (κ3) is 3.94. The van der Waals surface area contributed by atoms with Gasteiger partial charge < -0.3 is 4.74 Å². The van der Waals surface area contributed by atoms with Crippen LogP contribution in [0, 0.1) is 0 Å². The van der Waals surface area contributed by atoms with E-state index in [0.29, 0.717) is 0 Å². The average molecular weight is 402 g/mol. The van der Waals surface area contributed by atoms with Crippen LogP contribution in [0.1, 0.15) is 31.1 Å². The molecular formula is C15H7BrCl2O4. The van der Waals surface area contributed by atoms with E-state index in [0.717, 1.165) is 4.47 Å². The van der Waals surface area contributed by atoms with E-state index >= 15 is 0 Å². The molecule has 2 aromatic rings. The molecule has 0 amide bonds. The van der Waals surface area contributed by atoms with E-state index in [9.17, 15) is 14.4 Å². The number of carbonyl (C=O) groups excluding carboxylic acids is 3. The van der Waals surface area contributed by atoms with Crippen LogP contribution in [0.3, 0.4) is 0 Å². The van der Waals surface area contributed by atoms with Gasteiger partial charge in [-0.1, -0.05) is 15.9 Å². The highest BCUT2D eigenvalue weighted by molar-refractivity contribution is 9.10. The first-order valence-electron chi connectivity index (χ1n) is 5.90. The van der Waals surface area contributed by atoms with Crippen LogP contribution < -0.4 is 4.74 Å². The zero-order valence-corrected chi connectivity index (χ0v) is 13.9. The smallest absolute Gasteiger partial charge is 0.343 e. The van der Waals surface area contributed by atoms with E-state index < -0.39 is 16.5 Å². The van der Waals surface area contributed by atoms with Crippen molar-refractivity contribution < 1.29 is 19.1 Å². The molecule has 2 aromatic carbocycles. The molecule has 0 bridgehead atoms. The number of hydrogen-bond acceptors (Lipinski definition) is 4. The molecular weight excluding hydrogens is 395 g/mol. The number of halogens is 3. The van der Waals surface area contributed by atoms with Gasteiger partial charge in [-0.2, -0.15) is 0 Å². The molecule has 4 nitrogen and oxygen atoms in total. The number of esters is 1. The van der Waals surface area contributed by atoms with E-state index in [1.807, 2.05) is 0 Å². The van der Waals surface area contributed by atoms with Crippen LogP contribution in [0.25, 0.3) is 0 Å². The Kier molecular flexibility index (Phi) is 5.34. The molecule has 0 spiro atoms. The zero-order chi connectivity index (χ0) is 16.3. The van der Waals surface area contributed by atoms with Gasteiger partial charge >= 0.3 is 5.97 Å². The summed E-state index contributed by atoms with van der Waals surface area (Å²) in [5, 5.41) is -1.55. The lowest BCUT2D eigenvalue weighted by molar-refractivity contribution is 0.0732. The second-order valence-corrected chi connectivity index (χ2v) is 5.76. The third-order valence-corrected chi connectivity index (χ3v) is 3.65. The largest absolute Gasteiger partial charge is 0.422 e. The minimum absolute atomic E-state index is 0.0335. The first-order chi connectivity index (χ1) is 10.4. The summed E-state index contributed by atoms with van der Waals surface area (Å²) in [5.74, 6) is -0.815. The zero-order valence-electron chi connectivity index (χ0n) is 10.8. The van der Waals surface area contributed by atoms with E-state index in [4.69, 9.17) is 27.9 Å². The highest BCUT2D eigenvalue weighted by Gasteiger charge is 2.17. The van der Waals surface area contributed by atoms with E-state index in [1.165, 1.54) is 18.2 Å². The lowest BCUT2D eigenvalue weighted by atomic mass is 10.1. The number of hydrogen-bond donors (Lipinski definition) is 0. The minimum Gasteiger partial charge on any atom is -0.422 e. The van der Waals surface area contributed by atoms with Crippen molar-refractivity contribution in [2.75, 3.05) is 0 Å². The van der Waals surface area contributed by atoms with Crippen LogP contribution in [0.5, 0.6) is 5.75 Å². The summed E-state index contributed by atoms with van der Waals surface area (Å²) in [5.41, 5.74) is 0.328. The maximum atomic E-state index is 12.1. The molecule has 22 heavy (non-hydrogen) atoms. The summed E-state index contributed by atoms with van der Waals surface area (Å²) < 4.78 is 5.95. The highest BCUT2D eigenvalue weighted by atomic mass is 79.9. The van der Waals surface area contributed by atoms with Gasteiger partial charge in [-0.05, 0) is 65.7 Å². The molecule has 0 heterocycles. The van der Waals surface area contributed by atoms with Gasteiger partial charge in [-0.25, -0.2) is 4.79 Å². The van der Waals surface area contributed by atoms with Crippen molar-refractivity contribution in [2.45, 2.75) is 0 Å². The number of rotatable bonds is 4. The average Bonchev–Trinajstić information content (AvgIpc) is 2.47. The Morgan fingerprint density at radius 2 is 1.45 bits per heavy atom. The molecule has 0 aliphatic heterocycles. The van der Waals surface area contributed by atoms with Crippen molar-refractivity contribution in [3.05, 3.63) is 63.6 Å². The van der Waals surface area contributed by atoms with E-state index in [-0.39, 0.29) is 22.4 Å². The van der Waals surface area contributed by atoms with Gasteiger partial charge in [0, 0.05) is 10.0 Å². The lowest BCUT2D eigenvalue weighted by Gasteiger charge is -2.08. The summed E-state index contributed by atoms with van der Waals surface area (Å²) in [4.78, 5) is 34.6. The van der Waals surface area contributed by atoms with Crippen LogP contribution in [-0.2, 0) is 0 Å². The second-order valence-electron chi connectivity index (χ2n) is 4.15. The standard InChI is InChI=1S/C15H7BrCl2O4/c16-10-4-1-8(2-5-10)15(21)22-12-7-9(13(17)19)3-6-11(12)14(18)20/h1-7H. The SMILES string of the molecule is O=C(Cl)c1ccc(C(=O)Cl)c(OC(=O)c2ccc(Br)cc2)c1. The Balaban J connectivity index is 2.36. The second kappa shape index (κ2) is 7.05. The third-order valence-electron chi connectivity index (χ3n) is 2.70. The van der Waals surface area contributed by atoms with Crippen molar-refractivity contribution in [3.8, 4) is 5.75 Å². The molecule has 0 fully saturated rings. The monoisotopic (exact) mass is 400 g/mol. The Morgan fingerprint density at radius 1 is 0.864 bits per heavy atom. The minimum atomic E-state index is -0.813. The van der Waals surface area contributed by atoms with Gasteiger partial charge in [0.05, 0.1) is 11.1 Å². The van der Waals surface area contributed by atoms with Crippen LogP contribution in [0.15, 0.2) is 46.9 Å². The normalized spacial score (nSPS) is 10.1. The molecule has 0 radical (unpaired) electrons. The fraction of sp³-hybridized carbons (Fsp3) is 0. The molecule has 0 aliphatic carbocycles. The Bertz CT molecular complexity index is 757. The maximum absolute atomic E-state index is 12.1. The van der Waals surface area contributed by atoms with Crippen LogP contribution in [-0.4, -0.2) is 16.5 Å². The molecule has 0 atom stereocenters. The molecule has 0 aromatic heterocycles. The topological polar surface area (TPSA) is 60.4 Å². The number of carbonyl (C=O) groups is 3. The summed E-state index contributed by atoms with van der Waals surface area (Å²) in [6, 6.07) is 10.2. The first kappa shape index (κ1) is 16.7. The number of ether oxygens (including phenoxy) is 1. The molecule has 0 saturated heterocycles. The summed E-state index contributed by atoms with van der Waals surface area (Å²) in [6.45, 7) is 0. The molecule has 0 N–H and O–H groups in total. The van der Waals surface area contributed by atoms with Crippen molar-refractivity contribution in [1.82, 2.24) is 0 Å². The fourth-order valence-corrected chi connectivity index (χ4v) is 2.17. The summed E-state index contributed by atoms with van der Waals surface area (Å²) in [6.07, 6.45) is 0. The van der Waals surface area contributed by atoms with Crippen LogP contribution in [0.4, 0.5) is 0 Å². The van der Waals surface area contributed by atoms with Crippen molar-refractivity contribution >= 4 is 55.6 Å². The van der Waals surface area contributed by atoms with Gasteiger partial charge in [0.1, 0.15) is 5.75 Å². The van der Waals surface area contributed by atoms with E-state index in [2.05, 4.69) is 15.9 Å². The highest BCUT2D eigenvalue weighted by Crippen LogP contribution is 2.24. The molecule has 112 valence electrons. The molecule has 0 unspecified atom stereocenters. The molecule has 0 saturated carbocycles. The quantitative estimate of drug-likeness (QED) is 0.432.